The normalized spacial score (nSPS) is 17.2. The molecular formula is C18H27F3N4O3S. The van der Waals surface area contributed by atoms with Gasteiger partial charge in [0.2, 0.25) is 0 Å². The van der Waals surface area contributed by atoms with Gasteiger partial charge in [-0.2, -0.15) is 17.5 Å². The van der Waals surface area contributed by atoms with Crippen molar-refractivity contribution in [2.75, 3.05) is 33.3 Å². The van der Waals surface area contributed by atoms with E-state index < -0.39 is 15.5 Å². The smallest absolute Gasteiger partial charge is 0.496 e. The molecule has 2 rings (SSSR count). The van der Waals surface area contributed by atoms with E-state index in [9.17, 15) is 21.6 Å². The van der Waals surface area contributed by atoms with Crippen molar-refractivity contribution < 1.29 is 26.3 Å². The molecule has 164 valence electrons. The summed E-state index contributed by atoms with van der Waals surface area (Å²) in [5.41, 5.74) is -4.23. The topological polar surface area (TPSA) is 83.0 Å². The van der Waals surface area contributed by atoms with Gasteiger partial charge < -0.3 is 15.4 Å². The van der Waals surface area contributed by atoms with Crippen LogP contribution in [0.3, 0.4) is 0 Å². The van der Waals surface area contributed by atoms with Crippen molar-refractivity contribution in [3.8, 4) is 5.75 Å². The zero-order valence-electron chi connectivity index (χ0n) is 16.5. The number of nitrogens with zero attached hydrogens (tertiary/aromatic N) is 2. The summed E-state index contributed by atoms with van der Waals surface area (Å²) >= 11 is 0. The maximum Gasteiger partial charge on any atom is 0.511 e. The lowest BCUT2D eigenvalue weighted by Gasteiger charge is -2.32. The summed E-state index contributed by atoms with van der Waals surface area (Å²) in [5.74, 6) is 1.35. The summed E-state index contributed by atoms with van der Waals surface area (Å²) in [6.07, 6.45) is 1.21. The van der Waals surface area contributed by atoms with Crippen LogP contribution in [0.5, 0.6) is 5.75 Å². The Bertz CT molecular complexity index is 792. The molecule has 1 aliphatic heterocycles. The van der Waals surface area contributed by atoms with Gasteiger partial charge in [0.1, 0.15) is 5.75 Å². The van der Waals surface area contributed by atoms with Crippen LogP contribution < -0.4 is 15.4 Å². The van der Waals surface area contributed by atoms with Crippen LogP contribution in [0.15, 0.2) is 29.3 Å². The predicted molar refractivity (Wildman–Crippen MR) is 105 cm³/mol. The second-order valence-electron chi connectivity index (χ2n) is 6.59. The Kier molecular flexibility index (Phi) is 8.14. The molecule has 0 atom stereocenters. The van der Waals surface area contributed by atoms with E-state index in [0.717, 1.165) is 11.3 Å². The highest BCUT2D eigenvalue weighted by molar-refractivity contribution is 7.90. The number of ether oxygens (including phenoxy) is 1. The molecule has 0 saturated carbocycles. The average Bonchev–Trinajstić information content (AvgIpc) is 2.68. The Morgan fingerprint density at radius 3 is 2.52 bits per heavy atom. The molecule has 0 aliphatic carbocycles. The number of rotatable bonds is 7. The van der Waals surface area contributed by atoms with E-state index in [1.807, 2.05) is 31.2 Å². The van der Waals surface area contributed by atoms with Crippen LogP contribution in [0.2, 0.25) is 0 Å². The second-order valence-corrected chi connectivity index (χ2v) is 8.52. The third kappa shape index (κ3) is 6.23. The number of hydrogen-bond acceptors (Lipinski definition) is 4. The molecule has 2 N–H and O–H groups in total. The molecule has 1 fully saturated rings. The fourth-order valence-electron chi connectivity index (χ4n) is 3.10. The van der Waals surface area contributed by atoms with Crippen molar-refractivity contribution in [2.45, 2.75) is 37.7 Å². The first-order valence-corrected chi connectivity index (χ1v) is 10.9. The van der Waals surface area contributed by atoms with Gasteiger partial charge in [-0.15, -0.1) is 0 Å². The van der Waals surface area contributed by atoms with Gasteiger partial charge in [0.05, 0.1) is 7.11 Å². The van der Waals surface area contributed by atoms with E-state index in [1.165, 1.54) is 0 Å². The van der Waals surface area contributed by atoms with Gasteiger partial charge in [0, 0.05) is 32.2 Å². The minimum atomic E-state index is -5.27. The number of methoxy groups -OCH3 is 1. The van der Waals surface area contributed by atoms with Gasteiger partial charge >= 0.3 is 15.5 Å². The first-order chi connectivity index (χ1) is 13.7. The zero-order chi connectivity index (χ0) is 21.5. The van der Waals surface area contributed by atoms with Crippen LogP contribution in [-0.4, -0.2) is 63.5 Å². The Morgan fingerprint density at radius 2 is 1.93 bits per heavy atom. The Hall–Kier alpha value is -2.01. The van der Waals surface area contributed by atoms with Crippen LogP contribution in [-0.2, 0) is 16.4 Å². The number of nitrogens with one attached hydrogen (secondary N) is 2. The molecule has 0 bridgehead atoms. The molecule has 1 aromatic rings. The molecule has 1 saturated heterocycles. The molecule has 0 unspecified atom stereocenters. The van der Waals surface area contributed by atoms with Gasteiger partial charge in [-0.1, -0.05) is 18.2 Å². The summed E-state index contributed by atoms with van der Waals surface area (Å²) in [6, 6.07) is 7.51. The van der Waals surface area contributed by atoms with Crippen LogP contribution in [0.1, 0.15) is 25.3 Å². The summed E-state index contributed by atoms with van der Waals surface area (Å²) in [5, 5.41) is 6.29. The largest absolute Gasteiger partial charge is 0.511 e. The monoisotopic (exact) mass is 436 g/mol. The first kappa shape index (κ1) is 23.3. The summed E-state index contributed by atoms with van der Waals surface area (Å²) in [4.78, 5) is 4.51. The maximum atomic E-state index is 12.7. The van der Waals surface area contributed by atoms with Crippen molar-refractivity contribution in [1.29, 1.82) is 0 Å². The highest BCUT2D eigenvalue weighted by Gasteiger charge is 2.50. The molecule has 0 spiro atoms. The zero-order valence-corrected chi connectivity index (χ0v) is 17.3. The Balaban J connectivity index is 1.92. The predicted octanol–water partition coefficient (Wildman–Crippen LogP) is 2.11. The van der Waals surface area contributed by atoms with E-state index in [2.05, 4.69) is 15.6 Å². The molecule has 29 heavy (non-hydrogen) atoms. The van der Waals surface area contributed by atoms with E-state index in [1.54, 1.807) is 7.11 Å². The van der Waals surface area contributed by atoms with Crippen molar-refractivity contribution in [3.63, 3.8) is 0 Å². The molecule has 11 heteroatoms. The Morgan fingerprint density at radius 1 is 1.28 bits per heavy atom. The molecule has 0 aromatic heterocycles. The van der Waals surface area contributed by atoms with E-state index >= 15 is 0 Å². The maximum absolute atomic E-state index is 12.7. The SMILES string of the molecule is CCNC(=NCCc1ccccc1OC)NC1CCN(S(=O)(=O)C(F)(F)F)CC1. The average molecular weight is 437 g/mol. The fourth-order valence-corrected chi connectivity index (χ4v) is 4.08. The summed E-state index contributed by atoms with van der Waals surface area (Å²) < 4.78 is 66.8. The van der Waals surface area contributed by atoms with E-state index in [-0.39, 0.29) is 32.0 Å². The number of halogens is 3. The van der Waals surface area contributed by atoms with Gasteiger partial charge in [-0.3, -0.25) is 4.99 Å². The van der Waals surface area contributed by atoms with Gasteiger partial charge in [0.15, 0.2) is 5.96 Å². The number of sulfonamides is 1. The molecule has 0 amide bonds. The summed E-state index contributed by atoms with van der Waals surface area (Å²) in [7, 11) is -3.66. The number of para-hydroxylation sites is 1. The molecule has 1 aliphatic rings. The number of aliphatic imine (C=N–C) groups is 1. The van der Waals surface area contributed by atoms with Gasteiger partial charge in [-0.05, 0) is 37.8 Å². The first-order valence-electron chi connectivity index (χ1n) is 9.42. The number of benzene rings is 1. The minimum Gasteiger partial charge on any atom is -0.496 e. The van der Waals surface area contributed by atoms with Crippen LogP contribution >= 0.6 is 0 Å². The van der Waals surface area contributed by atoms with E-state index in [0.29, 0.717) is 29.8 Å². The summed E-state index contributed by atoms with van der Waals surface area (Å²) in [6.45, 7) is 2.68. The van der Waals surface area contributed by atoms with Gasteiger partial charge in [0.25, 0.3) is 0 Å². The molecule has 1 aromatic carbocycles. The molecular weight excluding hydrogens is 409 g/mol. The highest BCUT2D eigenvalue weighted by atomic mass is 32.2. The lowest BCUT2D eigenvalue weighted by molar-refractivity contribution is -0.0494. The fraction of sp³-hybridized carbons (Fsp3) is 0.611. The second kappa shape index (κ2) is 10.1. The van der Waals surface area contributed by atoms with Gasteiger partial charge in [-0.25, -0.2) is 8.42 Å². The third-order valence-electron chi connectivity index (χ3n) is 4.61. The highest BCUT2D eigenvalue weighted by Crippen LogP contribution is 2.28. The van der Waals surface area contributed by atoms with Crippen LogP contribution in [0.4, 0.5) is 13.2 Å². The third-order valence-corrected chi connectivity index (χ3v) is 6.24. The number of guanidine groups is 1. The van der Waals surface area contributed by atoms with Crippen molar-refractivity contribution in [3.05, 3.63) is 29.8 Å². The van der Waals surface area contributed by atoms with E-state index in [4.69, 9.17) is 4.74 Å². The van der Waals surface area contributed by atoms with Crippen LogP contribution in [0, 0.1) is 0 Å². The van der Waals surface area contributed by atoms with Crippen molar-refractivity contribution in [2.24, 2.45) is 4.99 Å². The van der Waals surface area contributed by atoms with Crippen molar-refractivity contribution >= 4 is 16.0 Å². The molecule has 0 radical (unpaired) electrons. The van der Waals surface area contributed by atoms with Crippen LogP contribution in [0.25, 0.3) is 0 Å². The molecule has 7 nitrogen and oxygen atoms in total. The number of piperidine rings is 1. The quantitative estimate of drug-likeness (QED) is 0.505. The Labute approximate surface area is 169 Å². The lowest BCUT2D eigenvalue weighted by Crippen LogP contribution is -2.51. The lowest BCUT2D eigenvalue weighted by atomic mass is 10.1. The standard InChI is InChI=1S/C18H27F3N4O3S/c1-3-22-17(23-11-8-14-6-4-5-7-16(14)28-2)24-15-9-12-25(13-10-15)29(26,27)18(19,20)21/h4-7,15H,3,8-13H2,1-2H3,(H2,22,23,24). The number of alkyl halides is 3. The molecule has 1 heterocycles. The van der Waals surface area contributed by atoms with Crippen molar-refractivity contribution in [1.82, 2.24) is 14.9 Å². The number of hydrogen-bond donors (Lipinski definition) is 2. The minimum absolute atomic E-state index is 0.154.